The van der Waals surface area contributed by atoms with Crippen LogP contribution in [0, 0.1) is 35.5 Å². The van der Waals surface area contributed by atoms with Crippen molar-refractivity contribution < 1.29 is 43.3 Å². The van der Waals surface area contributed by atoms with Crippen LogP contribution in [0.2, 0.25) is 0 Å². The number of anilines is 1. The molecule has 1 amide bonds. The fourth-order valence-corrected chi connectivity index (χ4v) is 8.39. The van der Waals surface area contributed by atoms with Crippen LogP contribution >= 0.6 is 0 Å². The van der Waals surface area contributed by atoms with E-state index in [2.05, 4.69) is 44.2 Å². The van der Waals surface area contributed by atoms with Crippen LogP contribution in [0.15, 0.2) is 81.2 Å². The van der Waals surface area contributed by atoms with Crippen LogP contribution in [-0.2, 0) is 19.2 Å². The number of fused-ring (bicyclic) bond motifs is 3. The standard InChI is InChI=1S/C39H46N2O10/c1-21-17-23(3)33-24(18-21)12-11-22(2)26(33)9-7-8-10-32(43)49-31-16-14-29(42)36-39(31,46)20-27(40-51-36)37(44)41(4)28-19-25-13-15-30(47-5)35(48-6)34(25)50-38(28)45/h7-16,19,21-24,26,29,31,33,36,42,46H,17-18,20H2,1-6H3/b9-7+,10-8+/t21-,22-,23+,24-,26-,29+,31+,33-,36-,39-/m0/s1. The quantitative estimate of drug-likeness (QED) is 0.130. The number of esters is 1. The number of rotatable bonds is 8. The van der Waals surface area contributed by atoms with E-state index in [1.807, 2.05) is 6.08 Å². The molecule has 0 unspecified atom stereocenters. The number of benzene rings is 1. The van der Waals surface area contributed by atoms with Crippen molar-refractivity contribution in [1.82, 2.24) is 0 Å². The Morgan fingerprint density at radius 3 is 2.59 bits per heavy atom. The molecule has 1 saturated carbocycles. The van der Waals surface area contributed by atoms with Gasteiger partial charge in [-0.3, -0.25) is 4.79 Å². The number of carbonyl (C=O) groups is 2. The normalized spacial score (nSPS) is 32.9. The average Bonchev–Trinajstić information content (AvgIpc) is 3.10. The molecule has 0 radical (unpaired) electrons. The SMILES string of the molecule is COc1ccc2cc(N(C)C(=O)C3=NO[C@H]4[C@H](O)C=C[C@@H](OC(=O)/C=C/C=C/[C@@H]5[C@H]6[C@H](C)C[C@H](C)C[C@@H]6C=C[C@@H]5C)[C@@]4(O)C3)c(=O)oc2c1OC. The summed E-state index contributed by atoms with van der Waals surface area (Å²) in [6.45, 7) is 6.89. The van der Waals surface area contributed by atoms with Crippen LogP contribution < -0.4 is 20.0 Å². The maximum Gasteiger partial charge on any atom is 0.360 e. The molecule has 0 spiro atoms. The van der Waals surface area contributed by atoms with Crippen molar-refractivity contribution in [2.45, 2.75) is 63.9 Å². The van der Waals surface area contributed by atoms with E-state index in [4.69, 9.17) is 23.5 Å². The largest absolute Gasteiger partial charge is 0.493 e. The van der Waals surface area contributed by atoms with Gasteiger partial charge in [0.25, 0.3) is 5.91 Å². The molecule has 2 aromatic rings. The van der Waals surface area contributed by atoms with Gasteiger partial charge in [-0.05, 0) is 72.6 Å². The second-order valence-electron chi connectivity index (χ2n) is 14.3. The van der Waals surface area contributed by atoms with E-state index in [0.717, 1.165) is 4.90 Å². The van der Waals surface area contributed by atoms with Crippen molar-refractivity contribution in [2.75, 3.05) is 26.2 Å². The Hall–Kier alpha value is -4.68. The van der Waals surface area contributed by atoms with Gasteiger partial charge in [-0.25, -0.2) is 9.59 Å². The molecule has 0 saturated heterocycles. The number of methoxy groups -OCH3 is 2. The molecule has 4 aliphatic rings. The molecule has 0 bridgehead atoms. The first-order valence-electron chi connectivity index (χ1n) is 17.4. The number of aliphatic hydroxyl groups excluding tert-OH is 1. The van der Waals surface area contributed by atoms with Gasteiger partial charge in [0, 0.05) is 24.9 Å². The summed E-state index contributed by atoms with van der Waals surface area (Å²) >= 11 is 0. The number of aliphatic hydroxyl groups is 2. The van der Waals surface area contributed by atoms with Crippen molar-refractivity contribution in [3.05, 3.63) is 77.2 Å². The smallest absolute Gasteiger partial charge is 0.360 e. The number of nitrogens with zero attached hydrogens (tertiary/aromatic N) is 2. The van der Waals surface area contributed by atoms with Gasteiger partial charge in [-0.2, -0.15) is 0 Å². The molecule has 6 rings (SSSR count). The van der Waals surface area contributed by atoms with Crippen LogP contribution in [-0.4, -0.2) is 73.0 Å². The number of ether oxygens (including phenoxy) is 3. The third kappa shape index (κ3) is 6.86. The molecule has 272 valence electrons. The lowest BCUT2D eigenvalue weighted by molar-refractivity contribution is -0.202. The minimum absolute atomic E-state index is 0.108. The molecule has 1 aromatic heterocycles. The predicted octanol–water partition coefficient (Wildman–Crippen LogP) is 4.72. The Morgan fingerprint density at radius 1 is 1.06 bits per heavy atom. The second kappa shape index (κ2) is 14.5. The van der Waals surface area contributed by atoms with E-state index in [9.17, 15) is 24.6 Å². The Kier molecular flexibility index (Phi) is 10.3. The number of hydrogen-bond donors (Lipinski definition) is 2. The lowest BCUT2D eigenvalue weighted by atomic mass is 9.59. The third-order valence-corrected chi connectivity index (χ3v) is 10.9. The van der Waals surface area contributed by atoms with Gasteiger partial charge in [0.2, 0.25) is 5.75 Å². The van der Waals surface area contributed by atoms with E-state index < -0.39 is 47.8 Å². The van der Waals surface area contributed by atoms with E-state index >= 15 is 0 Å². The van der Waals surface area contributed by atoms with Crippen LogP contribution in [0.1, 0.15) is 40.0 Å². The third-order valence-electron chi connectivity index (χ3n) is 10.9. The monoisotopic (exact) mass is 702 g/mol. The summed E-state index contributed by atoms with van der Waals surface area (Å²) in [5, 5.41) is 26.8. The summed E-state index contributed by atoms with van der Waals surface area (Å²) < 4.78 is 21.8. The lowest BCUT2D eigenvalue weighted by Gasteiger charge is -2.46. The lowest BCUT2D eigenvalue weighted by Crippen LogP contribution is -2.63. The van der Waals surface area contributed by atoms with Gasteiger partial charge in [0.15, 0.2) is 29.1 Å². The molecule has 1 aliphatic heterocycles. The fourth-order valence-electron chi connectivity index (χ4n) is 8.39. The molecular formula is C39H46N2O10. The first-order chi connectivity index (χ1) is 24.4. The molecule has 12 heteroatoms. The number of hydrogen-bond acceptors (Lipinski definition) is 11. The summed E-state index contributed by atoms with van der Waals surface area (Å²) in [7, 11) is 4.22. The van der Waals surface area contributed by atoms with E-state index in [1.54, 1.807) is 18.2 Å². The van der Waals surface area contributed by atoms with E-state index in [1.165, 1.54) is 58.4 Å². The maximum atomic E-state index is 13.7. The molecule has 1 fully saturated rings. The number of oxime groups is 1. The Labute approximate surface area is 296 Å². The zero-order chi connectivity index (χ0) is 36.6. The Morgan fingerprint density at radius 2 is 1.84 bits per heavy atom. The van der Waals surface area contributed by atoms with Crippen LogP contribution in [0.3, 0.4) is 0 Å². The first-order valence-corrected chi connectivity index (χ1v) is 17.4. The highest BCUT2D eigenvalue weighted by atomic mass is 16.7. The molecule has 10 atom stereocenters. The van der Waals surface area contributed by atoms with Gasteiger partial charge < -0.3 is 38.6 Å². The van der Waals surface area contributed by atoms with Gasteiger partial charge in [-0.1, -0.05) is 62.4 Å². The average molecular weight is 703 g/mol. The van der Waals surface area contributed by atoms with Gasteiger partial charge in [-0.15, -0.1) is 0 Å². The van der Waals surface area contributed by atoms with Gasteiger partial charge >= 0.3 is 11.6 Å². The van der Waals surface area contributed by atoms with Gasteiger partial charge in [0.05, 0.1) is 14.2 Å². The van der Waals surface area contributed by atoms with Crippen LogP contribution in [0.25, 0.3) is 11.0 Å². The topological polar surface area (TPSA) is 157 Å². The van der Waals surface area contributed by atoms with E-state index in [-0.39, 0.29) is 22.7 Å². The van der Waals surface area contributed by atoms with E-state index in [0.29, 0.717) is 46.6 Å². The fraction of sp³-hybridized carbons (Fsp3) is 0.487. The number of amides is 1. The van der Waals surface area contributed by atoms with Crippen molar-refractivity contribution >= 4 is 34.2 Å². The molecule has 51 heavy (non-hydrogen) atoms. The Bertz CT molecular complexity index is 1880. The summed E-state index contributed by atoms with van der Waals surface area (Å²) in [5.41, 5.74) is -3.11. The molecule has 2 heterocycles. The molecule has 12 nitrogen and oxygen atoms in total. The summed E-state index contributed by atoms with van der Waals surface area (Å²) in [6.07, 6.45) is 12.4. The molecular weight excluding hydrogens is 656 g/mol. The van der Waals surface area contributed by atoms with Gasteiger partial charge in [0.1, 0.15) is 17.5 Å². The minimum atomic E-state index is -2.05. The highest BCUT2D eigenvalue weighted by Gasteiger charge is 2.56. The minimum Gasteiger partial charge on any atom is -0.493 e. The van der Waals surface area contributed by atoms with Crippen molar-refractivity contribution in [3.8, 4) is 11.5 Å². The molecule has 1 aromatic carbocycles. The predicted molar refractivity (Wildman–Crippen MR) is 191 cm³/mol. The second-order valence-corrected chi connectivity index (χ2v) is 14.3. The highest BCUT2D eigenvalue weighted by Crippen LogP contribution is 2.48. The Balaban J connectivity index is 1.15. The molecule has 2 N–H and O–H groups in total. The van der Waals surface area contributed by atoms with Crippen molar-refractivity contribution in [3.63, 3.8) is 0 Å². The van der Waals surface area contributed by atoms with Crippen molar-refractivity contribution in [1.29, 1.82) is 0 Å². The van der Waals surface area contributed by atoms with Crippen LogP contribution in [0.4, 0.5) is 5.69 Å². The zero-order valence-electron chi connectivity index (χ0n) is 29.7. The maximum absolute atomic E-state index is 13.7. The number of carbonyl (C=O) groups excluding carboxylic acids is 2. The summed E-state index contributed by atoms with van der Waals surface area (Å²) in [6, 6.07) is 4.74. The van der Waals surface area contributed by atoms with Crippen LogP contribution in [0.5, 0.6) is 11.5 Å². The molecule has 3 aliphatic carbocycles. The summed E-state index contributed by atoms with van der Waals surface area (Å²) in [4.78, 5) is 46.2. The van der Waals surface area contributed by atoms with Crippen molar-refractivity contribution in [2.24, 2.45) is 40.7 Å². The first kappa shape index (κ1) is 36.1. The number of allylic oxidation sites excluding steroid dienone is 5. The highest BCUT2D eigenvalue weighted by molar-refractivity contribution is 6.43. The zero-order valence-corrected chi connectivity index (χ0v) is 29.7. The summed E-state index contributed by atoms with van der Waals surface area (Å²) in [5.74, 6) is 2.25.